The van der Waals surface area contributed by atoms with Crippen LogP contribution in [0.1, 0.15) is 34.1 Å². The van der Waals surface area contributed by atoms with Crippen molar-refractivity contribution < 1.29 is 14.7 Å². The van der Waals surface area contributed by atoms with Crippen molar-refractivity contribution in [3.8, 4) is 0 Å². The molecule has 1 fully saturated rings. The van der Waals surface area contributed by atoms with Crippen molar-refractivity contribution in [2.75, 3.05) is 26.2 Å². The van der Waals surface area contributed by atoms with Crippen molar-refractivity contribution in [3.05, 3.63) is 0 Å². The molecule has 6 heteroatoms. The average Bonchev–Trinajstić information content (AvgIpc) is 2.37. The molecule has 0 aromatic rings. The topological polar surface area (TPSA) is 72.9 Å². The Kier molecular flexibility index (Phi) is 6.26. The predicted molar refractivity (Wildman–Crippen MR) is 77.7 cm³/mol. The lowest BCUT2D eigenvalue weighted by atomic mass is 10.0. The summed E-state index contributed by atoms with van der Waals surface area (Å²) in [5.41, 5.74) is 0. The molecule has 2 amide bonds. The number of hydrogen-bond donors (Lipinski definition) is 2. The van der Waals surface area contributed by atoms with E-state index in [9.17, 15) is 9.59 Å². The molecule has 1 aliphatic heterocycles. The van der Waals surface area contributed by atoms with E-state index in [2.05, 4.69) is 24.1 Å². The zero-order chi connectivity index (χ0) is 15.3. The zero-order valence-electron chi connectivity index (χ0n) is 12.9. The summed E-state index contributed by atoms with van der Waals surface area (Å²) in [6.07, 6.45) is 0.450. The number of amides is 2. The number of carboxylic acid groups (broad SMARTS) is 1. The van der Waals surface area contributed by atoms with Crippen molar-refractivity contribution in [1.29, 1.82) is 0 Å². The molecule has 0 spiro atoms. The Bertz CT molecular complexity index is 347. The summed E-state index contributed by atoms with van der Waals surface area (Å²) in [7, 11) is 0. The summed E-state index contributed by atoms with van der Waals surface area (Å²) >= 11 is 0. The van der Waals surface area contributed by atoms with Gasteiger partial charge in [-0.15, -0.1) is 0 Å². The maximum absolute atomic E-state index is 12.2. The second kappa shape index (κ2) is 7.47. The Balaban J connectivity index is 2.55. The molecule has 0 aromatic carbocycles. The molecule has 0 radical (unpaired) electrons. The minimum absolute atomic E-state index is 0.229. The number of piperazine rings is 1. The zero-order valence-corrected chi connectivity index (χ0v) is 12.9. The van der Waals surface area contributed by atoms with Gasteiger partial charge in [0.25, 0.3) is 0 Å². The number of nitrogens with one attached hydrogen (secondary N) is 1. The Morgan fingerprint density at radius 2 is 2.00 bits per heavy atom. The molecule has 2 N–H and O–H groups in total. The fraction of sp³-hybridized carbons (Fsp3) is 0.857. The molecule has 2 atom stereocenters. The van der Waals surface area contributed by atoms with Gasteiger partial charge in [0.2, 0.25) is 0 Å². The van der Waals surface area contributed by atoms with Gasteiger partial charge in [0.05, 0.1) is 0 Å². The minimum atomic E-state index is -0.965. The molecule has 1 heterocycles. The molecule has 116 valence electrons. The average molecular weight is 285 g/mol. The molecular formula is C14H27N3O3. The Morgan fingerprint density at radius 3 is 2.45 bits per heavy atom. The first-order valence-electron chi connectivity index (χ1n) is 7.37. The molecular weight excluding hydrogens is 258 g/mol. The molecule has 0 aliphatic carbocycles. The van der Waals surface area contributed by atoms with E-state index in [0.29, 0.717) is 25.6 Å². The van der Waals surface area contributed by atoms with E-state index in [1.54, 1.807) is 4.90 Å². The van der Waals surface area contributed by atoms with Gasteiger partial charge >= 0.3 is 12.0 Å². The van der Waals surface area contributed by atoms with E-state index in [4.69, 9.17) is 5.11 Å². The highest BCUT2D eigenvalue weighted by atomic mass is 16.4. The smallest absolute Gasteiger partial charge is 0.326 e. The number of rotatable bonds is 5. The van der Waals surface area contributed by atoms with Crippen molar-refractivity contribution >= 4 is 12.0 Å². The molecule has 0 saturated carbocycles. The number of urea groups is 1. The summed E-state index contributed by atoms with van der Waals surface area (Å²) in [5.74, 6) is -0.737. The Morgan fingerprint density at radius 1 is 1.35 bits per heavy atom. The van der Waals surface area contributed by atoms with E-state index in [1.165, 1.54) is 0 Å². The van der Waals surface area contributed by atoms with Gasteiger partial charge in [-0.1, -0.05) is 20.8 Å². The molecule has 1 rings (SSSR count). The van der Waals surface area contributed by atoms with E-state index < -0.39 is 12.0 Å². The standard InChI is InChI=1S/C14H27N3O3/c1-5-16-6-7-17(9-11(16)4)14(20)15-12(13(18)19)8-10(2)3/h10-12H,5-9H2,1-4H3,(H,15,20)(H,18,19)/t11?,12-/m1/s1. The van der Waals surface area contributed by atoms with Crippen LogP contribution in [0, 0.1) is 5.92 Å². The second-order valence-electron chi connectivity index (χ2n) is 5.89. The SMILES string of the molecule is CCN1CCN(C(=O)N[C@H](CC(C)C)C(=O)O)CC1C. The third kappa shape index (κ3) is 4.67. The minimum Gasteiger partial charge on any atom is -0.480 e. The van der Waals surface area contributed by atoms with Gasteiger partial charge in [0, 0.05) is 25.7 Å². The summed E-state index contributed by atoms with van der Waals surface area (Å²) in [6.45, 7) is 11.2. The third-order valence-corrected chi connectivity index (χ3v) is 3.76. The van der Waals surface area contributed by atoms with E-state index >= 15 is 0 Å². The molecule has 1 aliphatic rings. The summed E-state index contributed by atoms with van der Waals surface area (Å²) in [5, 5.41) is 11.8. The van der Waals surface area contributed by atoms with Crippen LogP contribution in [0.4, 0.5) is 4.79 Å². The van der Waals surface area contributed by atoms with E-state index in [0.717, 1.165) is 13.1 Å². The van der Waals surface area contributed by atoms with Crippen LogP contribution in [0.2, 0.25) is 0 Å². The van der Waals surface area contributed by atoms with Crippen LogP contribution in [0.15, 0.2) is 0 Å². The lowest BCUT2D eigenvalue weighted by molar-refractivity contribution is -0.139. The van der Waals surface area contributed by atoms with Gasteiger partial charge in [-0.2, -0.15) is 0 Å². The first-order chi connectivity index (χ1) is 9.35. The second-order valence-corrected chi connectivity index (χ2v) is 5.89. The maximum Gasteiger partial charge on any atom is 0.326 e. The molecule has 0 aromatic heterocycles. The van der Waals surface area contributed by atoms with Crippen molar-refractivity contribution in [3.63, 3.8) is 0 Å². The van der Waals surface area contributed by atoms with E-state index in [-0.39, 0.29) is 11.9 Å². The number of hydrogen-bond acceptors (Lipinski definition) is 3. The van der Waals surface area contributed by atoms with Crippen molar-refractivity contribution in [2.45, 2.75) is 46.2 Å². The van der Waals surface area contributed by atoms with Gasteiger partial charge in [-0.25, -0.2) is 9.59 Å². The number of carbonyl (C=O) groups excluding carboxylic acids is 1. The van der Waals surface area contributed by atoms with Crippen LogP contribution in [-0.4, -0.2) is 65.2 Å². The summed E-state index contributed by atoms with van der Waals surface area (Å²) < 4.78 is 0. The quantitative estimate of drug-likeness (QED) is 0.796. The van der Waals surface area contributed by atoms with Crippen LogP contribution >= 0.6 is 0 Å². The number of carbonyl (C=O) groups is 2. The fourth-order valence-corrected chi connectivity index (χ4v) is 2.58. The highest BCUT2D eigenvalue weighted by molar-refractivity contribution is 5.82. The van der Waals surface area contributed by atoms with Crippen molar-refractivity contribution in [2.24, 2.45) is 5.92 Å². The normalized spacial score (nSPS) is 21.9. The molecule has 20 heavy (non-hydrogen) atoms. The molecule has 0 bridgehead atoms. The van der Waals surface area contributed by atoms with Gasteiger partial charge in [0.1, 0.15) is 6.04 Å². The fourth-order valence-electron chi connectivity index (χ4n) is 2.58. The molecule has 1 unspecified atom stereocenters. The summed E-state index contributed by atoms with van der Waals surface area (Å²) in [4.78, 5) is 27.4. The van der Waals surface area contributed by atoms with Gasteiger partial charge in [-0.05, 0) is 25.8 Å². The van der Waals surface area contributed by atoms with Crippen LogP contribution in [0.5, 0.6) is 0 Å². The monoisotopic (exact) mass is 285 g/mol. The van der Waals surface area contributed by atoms with Gasteiger partial charge in [0.15, 0.2) is 0 Å². The number of carboxylic acids is 1. The van der Waals surface area contributed by atoms with Crippen LogP contribution in [0.3, 0.4) is 0 Å². The number of aliphatic carboxylic acids is 1. The highest BCUT2D eigenvalue weighted by Gasteiger charge is 2.28. The number of nitrogens with zero attached hydrogens (tertiary/aromatic N) is 2. The van der Waals surface area contributed by atoms with Gasteiger partial charge < -0.3 is 15.3 Å². The first kappa shape index (κ1) is 16.8. The van der Waals surface area contributed by atoms with Gasteiger partial charge in [-0.3, -0.25) is 4.90 Å². The molecule has 6 nitrogen and oxygen atoms in total. The Labute approximate surface area is 121 Å². The molecule has 1 saturated heterocycles. The van der Waals surface area contributed by atoms with Crippen LogP contribution in [0.25, 0.3) is 0 Å². The number of likely N-dealkylation sites (N-methyl/N-ethyl adjacent to an activating group) is 1. The highest BCUT2D eigenvalue weighted by Crippen LogP contribution is 2.10. The largest absolute Gasteiger partial charge is 0.480 e. The van der Waals surface area contributed by atoms with Crippen LogP contribution < -0.4 is 5.32 Å². The lowest BCUT2D eigenvalue weighted by Gasteiger charge is -2.39. The third-order valence-electron chi connectivity index (χ3n) is 3.76. The van der Waals surface area contributed by atoms with Crippen molar-refractivity contribution in [1.82, 2.24) is 15.1 Å². The van der Waals surface area contributed by atoms with E-state index in [1.807, 2.05) is 13.8 Å². The first-order valence-corrected chi connectivity index (χ1v) is 7.37. The Hall–Kier alpha value is -1.30. The summed E-state index contributed by atoms with van der Waals surface area (Å²) in [6, 6.07) is -0.754. The van der Waals surface area contributed by atoms with Crippen LogP contribution in [-0.2, 0) is 4.79 Å². The maximum atomic E-state index is 12.2. The predicted octanol–water partition coefficient (Wildman–Crippen LogP) is 1.22. The lowest BCUT2D eigenvalue weighted by Crippen LogP contribution is -2.57.